The van der Waals surface area contributed by atoms with Crippen LogP contribution in [0.5, 0.6) is 23.0 Å². The van der Waals surface area contributed by atoms with Crippen LogP contribution in [0.15, 0.2) is 39.9 Å². The van der Waals surface area contributed by atoms with Gasteiger partial charge < -0.3 is 19.3 Å². The monoisotopic (exact) mass is 436 g/mol. The van der Waals surface area contributed by atoms with E-state index in [-0.39, 0.29) is 5.75 Å². The molecule has 8 heteroatoms. The first-order chi connectivity index (χ1) is 13.0. The minimum atomic E-state index is -0.393. The average molecular weight is 437 g/mol. The molecule has 144 valence electrons. The minimum absolute atomic E-state index is 0.0134. The normalized spacial score (nSPS) is 10.7. The van der Waals surface area contributed by atoms with Crippen LogP contribution in [0.1, 0.15) is 29.8 Å². The molecule has 0 bridgehead atoms. The van der Waals surface area contributed by atoms with Gasteiger partial charge in [-0.2, -0.15) is 5.10 Å². The van der Waals surface area contributed by atoms with Crippen molar-refractivity contribution in [3.8, 4) is 23.0 Å². The van der Waals surface area contributed by atoms with Crippen molar-refractivity contribution in [2.75, 3.05) is 20.3 Å². The van der Waals surface area contributed by atoms with Crippen molar-refractivity contribution in [1.29, 1.82) is 0 Å². The number of benzene rings is 2. The zero-order valence-corrected chi connectivity index (χ0v) is 16.9. The summed E-state index contributed by atoms with van der Waals surface area (Å²) in [5, 5.41) is 13.9. The molecular formula is C19H21BrN2O5. The predicted molar refractivity (Wildman–Crippen MR) is 106 cm³/mol. The minimum Gasteiger partial charge on any atom is -0.503 e. The van der Waals surface area contributed by atoms with E-state index in [0.29, 0.717) is 46.1 Å². The number of rotatable bonds is 8. The molecule has 2 rings (SSSR count). The SMILES string of the molecule is CCOc1ccc(C(=O)N/N=C/c2cc(Br)c(O)c(OCC)c2)cc1OC. The van der Waals surface area contributed by atoms with Crippen molar-refractivity contribution in [3.63, 3.8) is 0 Å². The molecule has 0 fully saturated rings. The number of aromatic hydroxyl groups is 1. The second kappa shape index (κ2) is 9.82. The lowest BCUT2D eigenvalue weighted by atomic mass is 10.2. The third-order valence-corrected chi connectivity index (χ3v) is 4.06. The van der Waals surface area contributed by atoms with Crippen LogP contribution in [-0.4, -0.2) is 37.6 Å². The van der Waals surface area contributed by atoms with Gasteiger partial charge in [-0.05, 0) is 65.7 Å². The highest BCUT2D eigenvalue weighted by Crippen LogP contribution is 2.35. The Labute approximate surface area is 166 Å². The van der Waals surface area contributed by atoms with Gasteiger partial charge in [0.15, 0.2) is 23.0 Å². The van der Waals surface area contributed by atoms with Crippen molar-refractivity contribution in [3.05, 3.63) is 45.9 Å². The fourth-order valence-corrected chi connectivity index (χ4v) is 2.71. The Morgan fingerprint density at radius 1 is 1.15 bits per heavy atom. The summed E-state index contributed by atoms with van der Waals surface area (Å²) >= 11 is 3.26. The fourth-order valence-electron chi connectivity index (χ4n) is 2.25. The van der Waals surface area contributed by atoms with E-state index < -0.39 is 5.91 Å². The van der Waals surface area contributed by atoms with Gasteiger partial charge >= 0.3 is 0 Å². The Hall–Kier alpha value is -2.74. The maximum Gasteiger partial charge on any atom is 0.271 e. The molecule has 0 unspecified atom stereocenters. The lowest BCUT2D eigenvalue weighted by Crippen LogP contribution is -2.17. The highest BCUT2D eigenvalue weighted by atomic mass is 79.9. The number of nitrogens with one attached hydrogen (secondary N) is 1. The quantitative estimate of drug-likeness (QED) is 0.486. The van der Waals surface area contributed by atoms with Crippen LogP contribution in [0.2, 0.25) is 0 Å². The first-order valence-corrected chi connectivity index (χ1v) is 9.09. The average Bonchev–Trinajstić information content (AvgIpc) is 2.66. The number of ether oxygens (including phenoxy) is 3. The summed E-state index contributed by atoms with van der Waals surface area (Å²) in [5.41, 5.74) is 3.48. The first-order valence-electron chi connectivity index (χ1n) is 8.29. The second-order valence-corrected chi connectivity index (χ2v) is 6.13. The smallest absolute Gasteiger partial charge is 0.271 e. The molecule has 2 aromatic carbocycles. The molecule has 0 saturated heterocycles. The fraction of sp³-hybridized carbons (Fsp3) is 0.263. The number of methoxy groups -OCH3 is 1. The zero-order chi connectivity index (χ0) is 19.8. The summed E-state index contributed by atoms with van der Waals surface area (Å²) in [6.45, 7) is 4.60. The van der Waals surface area contributed by atoms with Crippen LogP contribution in [0, 0.1) is 0 Å². The number of nitrogens with zero attached hydrogens (tertiary/aromatic N) is 1. The Morgan fingerprint density at radius 3 is 2.52 bits per heavy atom. The number of carbonyl (C=O) groups is 1. The number of hydrazone groups is 1. The van der Waals surface area contributed by atoms with Gasteiger partial charge in [0.25, 0.3) is 5.91 Å². The highest BCUT2D eigenvalue weighted by Gasteiger charge is 2.11. The van der Waals surface area contributed by atoms with Gasteiger partial charge in [0.05, 0.1) is 31.0 Å². The standard InChI is InChI=1S/C19H21BrN2O5/c1-4-26-15-7-6-13(10-16(15)25-3)19(24)22-21-11-12-8-14(20)18(23)17(9-12)27-5-2/h6-11,23H,4-5H2,1-3H3,(H,22,24)/b21-11+. The van der Waals surface area contributed by atoms with E-state index in [1.54, 1.807) is 30.3 Å². The number of phenolic OH excluding ortho intramolecular Hbond substituents is 1. The van der Waals surface area contributed by atoms with Gasteiger partial charge in [0, 0.05) is 5.56 Å². The van der Waals surface area contributed by atoms with Gasteiger partial charge in [-0.3, -0.25) is 4.79 Å². The Morgan fingerprint density at radius 2 is 1.85 bits per heavy atom. The third-order valence-electron chi connectivity index (χ3n) is 3.46. The molecule has 0 radical (unpaired) electrons. The summed E-state index contributed by atoms with van der Waals surface area (Å²) in [4.78, 5) is 12.3. The molecule has 2 aromatic rings. The van der Waals surface area contributed by atoms with E-state index in [2.05, 4.69) is 26.5 Å². The summed E-state index contributed by atoms with van der Waals surface area (Å²) in [7, 11) is 1.51. The maximum atomic E-state index is 12.3. The Kier molecular flexibility index (Phi) is 7.48. The summed E-state index contributed by atoms with van der Waals surface area (Å²) in [6, 6.07) is 8.17. The highest BCUT2D eigenvalue weighted by molar-refractivity contribution is 9.10. The van der Waals surface area contributed by atoms with E-state index in [0.717, 1.165) is 0 Å². The molecule has 0 saturated carbocycles. The molecule has 2 N–H and O–H groups in total. The topological polar surface area (TPSA) is 89.4 Å². The lowest BCUT2D eigenvalue weighted by molar-refractivity contribution is 0.0954. The molecule has 0 aliphatic heterocycles. The van der Waals surface area contributed by atoms with Crippen LogP contribution in [0.3, 0.4) is 0 Å². The number of amides is 1. The molecular weight excluding hydrogens is 416 g/mol. The summed E-state index contributed by atoms with van der Waals surface area (Å²) < 4.78 is 16.5. The van der Waals surface area contributed by atoms with Crippen LogP contribution >= 0.6 is 15.9 Å². The second-order valence-electron chi connectivity index (χ2n) is 5.28. The Bertz CT molecular complexity index is 839. The maximum absolute atomic E-state index is 12.3. The molecule has 0 aliphatic rings. The van der Waals surface area contributed by atoms with Gasteiger partial charge in [-0.25, -0.2) is 5.43 Å². The van der Waals surface area contributed by atoms with Crippen molar-refractivity contribution >= 4 is 28.1 Å². The van der Waals surface area contributed by atoms with Gasteiger partial charge in [-0.1, -0.05) is 0 Å². The van der Waals surface area contributed by atoms with E-state index in [1.807, 2.05) is 13.8 Å². The van der Waals surface area contributed by atoms with Crippen molar-refractivity contribution in [2.24, 2.45) is 5.10 Å². The summed E-state index contributed by atoms with van der Waals surface area (Å²) in [5.74, 6) is 0.987. The van der Waals surface area contributed by atoms with Crippen LogP contribution < -0.4 is 19.6 Å². The third kappa shape index (κ3) is 5.37. The number of halogens is 1. The predicted octanol–water partition coefficient (Wildman–Crippen LogP) is 3.72. The number of hydrogen-bond donors (Lipinski definition) is 2. The first kappa shape index (κ1) is 20.6. The molecule has 7 nitrogen and oxygen atoms in total. The number of phenols is 1. The largest absolute Gasteiger partial charge is 0.503 e. The molecule has 0 spiro atoms. The van der Waals surface area contributed by atoms with Gasteiger partial charge in [0.2, 0.25) is 0 Å². The van der Waals surface area contributed by atoms with Crippen LogP contribution in [0.25, 0.3) is 0 Å². The molecule has 0 aliphatic carbocycles. The van der Waals surface area contributed by atoms with Gasteiger partial charge in [0.1, 0.15) is 0 Å². The van der Waals surface area contributed by atoms with Gasteiger partial charge in [-0.15, -0.1) is 0 Å². The van der Waals surface area contributed by atoms with E-state index in [1.165, 1.54) is 13.3 Å². The van der Waals surface area contributed by atoms with Crippen LogP contribution in [0.4, 0.5) is 0 Å². The molecule has 0 atom stereocenters. The van der Waals surface area contributed by atoms with Crippen LogP contribution in [-0.2, 0) is 0 Å². The number of carbonyl (C=O) groups excluding carboxylic acids is 1. The lowest BCUT2D eigenvalue weighted by Gasteiger charge is -2.10. The van der Waals surface area contributed by atoms with Crippen molar-refractivity contribution in [1.82, 2.24) is 5.43 Å². The molecule has 0 aromatic heterocycles. The number of hydrogen-bond acceptors (Lipinski definition) is 6. The Balaban J connectivity index is 2.11. The van der Waals surface area contributed by atoms with E-state index >= 15 is 0 Å². The van der Waals surface area contributed by atoms with Crippen molar-refractivity contribution in [2.45, 2.75) is 13.8 Å². The molecule has 0 heterocycles. The zero-order valence-electron chi connectivity index (χ0n) is 15.3. The van der Waals surface area contributed by atoms with Crippen molar-refractivity contribution < 1.29 is 24.1 Å². The molecule has 1 amide bonds. The van der Waals surface area contributed by atoms with E-state index in [9.17, 15) is 9.90 Å². The molecule has 27 heavy (non-hydrogen) atoms. The summed E-state index contributed by atoms with van der Waals surface area (Å²) in [6.07, 6.45) is 1.45. The van der Waals surface area contributed by atoms with E-state index in [4.69, 9.17) is 14.2 Å².